The molecule has 0 spiro atoms. The van der Waals surface area contributed by atoms with Gasteiger partial charge in [0.05, 0.1) is 9.07 Å². The summed E-state index contributed by atoms with van der Waals surface area (Å²) in [6, 6.07) is -2.88. The SMILES string of the molecule is [2H]c1[15n][13cH][15nH]c1C([2H])([2H])[C@]([2H])(N)C(=O)O. The third-order valence-electron chi connectivity index (χ3n) is 0.940. The van der Waals surface area contributed by atoms with E-state index in [1.165, 1.54) is 0 Å². The van der Waals surface area contributed by atoms with Crippen LogP contribution in [0.3, 0.4) is 0 Å². The number of H-pyrrole nitrogens is 1. The third-order valence-corrected chi connectivity index (χ3v) is 0.940. The largest absolute Gasteiger partial charge is 0.480 e. The molecular weight excluding hydrogens is 149 g/mol. The molecule has 0 bridgehead atoms. The summed E-state index contributed by atoms with van der Waals surface area (Å²) in [4.78, 5) is 16.3. The van der Waals surface area contributed by atoms with E-state index in [-0.39, 0.29) is 0 Å². The molecule has 5 heteroatoms. The number of nitrogens with two attached hydrogens (primary N) is 1. The number of hydrogen-bond donors (Lipinski definition) is 3. The molecule has 0 aliphatic carbocycles. The van der Waals surface area contributed by atoms with E-state index in [0.717, 1.165) is 6.33 Å². The Hall–Kier alpha value is -1.36. The minimum absolute atomic E-state index is 0.428. The third kappa shape index (κ3) is 2.05. The van der Waals surface area contributed by atoms with Gasteiger partial charge in [-0.15, -0.1) is 0 Å². The highest BCUT2D eigenvalue weighted by molar-refractivity contribution is 5.73. The Labute approximate surface area is 68.9 Å². The van der Waals surface area contributed by atoms with Gasteiger partial charge in [-0.25, -0.2) is 4.98 Å². The summed E-state index contributed by atoms with van der Waals surface area (Å²) >= 11 is 0. The predicted octanol–water partition coefficient (Wildman–Crippen LogP) is -0.636. The Morgan fingerprint density at radius 2 is 3.00 bits per heavy atom. The van der Waals surface area contributed by atoms with Gasteiger partial charge in [-0.1, -0.05) is 0 Å². The number of nitrogens with zero attached hydrogens (tertiary/aromatic N) is 1. The summed E-state index contributed by atoms with van der Waals surface area (Å²) in [6.07, 6.45) is -2.16. The van der Waals surface area contributed by atoms with Crippen molar-refractivity contribution < 1.29 is 15.4 Å². The van der Waals surface area contributed by atoms with Gasteiger partial charge in [-0.05, 0) is 0 Å². The Kier molecular flexibility index (Phi) is 1.11. The van der Waals surface area contributed by atoms with Crippen molar-refractivity contribution in [3.8, 4) is 0 Å². The lowest BCUT2D eigenvalue weighted by atomic mass is 10.2. The maximum Gasteiger partial charge on any atom is 0.320 e. The van der Waals surface area contributed by atoms with Crippen LogP contribution < -0.4 is 5.73 Å². The minimum Gasteiger partial charge on any atom is -0.480 e. The van der Waals surface area contributed by atoms with E-state index in [4.69, 9.17) is 16.3 Å². The maximum atomic E-state index is 10.6. The van der Waals surface area contributed by atoms with E-state index in [2.05, 4.69) is 9.97 Å². The summed E-state index contributed by atoms with van der Waals surface area (Å²) in [5.74, 6) is -1.82. The molecule has 0 unspecified atom stereocenters. The van der Waals surface area contributed by atoms with E-state index in [0.29, 0.717) is 0 Å². The Balaban J connectivity index is 3.24. The summed E-state index contributed by atoms with van der Waals surface area (Å²) < 4.78 is 29.3. The fraction of sp³-hybridized carbons (Fsp3) is 0.333. The van der Waals surface area contributed by atoms with Gasteiger partial charge in [0.1, 0.15) is 6.02 Å². The van der Waals surface area contributed by atoms with Crippen LogP contribution in [0.5, 0.6) is 0 Å². The highest BCUT2D eigenvalue weighted by Crippen LogP contribution is 1.95. The smallest absolute Gasteiger partial charge is 0.320 e. The monoisotopic (exact) mass is 162 g/mol. The lowest BCUT2D eigenvalue weighted by Crippen LogP contribution is -2.32. The molecular formula is C6H9N3O2. The molecule has 60 valence electrons. The van der Waals surface area contributed by atoms with Gasteiger partial charge in [0.25, 0.3) is 0 Å². The fourth-order valence-corrected chi connectivity index (χ4v) is 0.478. The highest BCUT2D eigenvalue weighted by Gasteiger charge is 2.11. The van der Waals surface area contributed by atoms with Crippen molar-refractivity contribution in [1.29, 1.82) is 0 Å². The molecule has 0 aliphatic rings. The second kappa shape index (κ2) is 3.16. The van der Waals surface area contributed by atoms with E-state index in [1.807, 2.05) is 0 Å². The van der Waals surface area contributed by atoms with E-state index < -0.39 is 30.2 Å². The van der Waals surface area contributed by atoms with Crippen LogP contribution in [0.4, 0.5) is 0 Å². The number of carboxylic acids is 1. The van der Waals surface area contributed by atoms with Crippen molar-refractivity contribution in [1.82, 2.24) is 9.97 Å². The van der Waals surface area contributed by atoms with Gasteiger partial charge in [0, 0.05) is 21.0 Å². The molecule has 11 heavy (non-hydrogen) atoms. The van der Waals surface area contributed by atoms with Crippen LogP contribution in [0.15, 0.2) is 12.5 Å². The zero-order chi connectivity index (χ0) is 11.9. The van der Waals surface area contributed by atoms with Crippen molar-refractivity contribution in [3.63, 3.8) is 0 Å². The molecule has 0 aromatic carbocycles. The minimum atomic E-state index is -2.88. The molecule has 5 nitrogen and oxygen atoms in total. The van der Waals surface area contributed by atoms with Crippen LogP contribution in [-0.4, -0.2) is 27.1 Å². The Bertz CT molecular complexity index is 389. The van der Waals surface area contributed by atoms with Crippen molar-refractivity contribution in [2.75, 3.05) is 0 Å². The first-order chi connectivity index (χ1) is 6.71. The van der Waals surface area contributed by atoms with Crippen molar-refractivity contribution in [2.24, 2.45) is 5.73 Å². The van der Waals surface area contributed by atoms with Crippen LogP contribution in [0, 0.1) is 0 Å². The van der Waals surface area contributed by atoms with Crippen LogP contribution in [0.25, 0.3) is 0 Å². The van der Waals surface area contributed by atoms with Gasteiger partial charge >= 0.3 is 5.97 Å². The van der Waals surface area contributed by atoms with Gasteiger partial charge in [-0.2, -0.15) is 0 Å². The summed E-state index contributed by atoms with van der Waals surface area (Å²) in [7, 11) is 0. The first-order valence-electron chi connectivity index (χ1n) is 4.74. The molecule has 1 heterocycles. The summed E-state index contributed by atoms with van der Waals surface area (Å²) in [5, 5.41) is 8.62. The van der Waals surface area contributed by atoms with Crippen LogP contribution in [-0.2, 0) is 11.2 Å². The average Bonchev–Trinajstić information content (AvgIpc) is 2.51. The zero-order valence-corrected chi connectivity index (χ0v) is 5.46. The van der Waals surface area contributed by atoms with Gasteiger partial charge < -0.3 is 15.8 Å². The maximum absolute atomic E-state index is 10.6. The molecule has 1 rings (SSSR count). The molecule has 0 saturated heterocycles. The van der Waals surface area contributed by atoms with E-state index >= 15 is 0 Å². The lowest BCUT2D eigenvalue weighted by Gasteiger charge is -2.02. The van der Waals surface area contributed by atoms with Gasteiger partial charge in [-0.3, -0.25) is 4.79 Å². The fourth-order valence-electron chi connectivity index (χ4n) is 0.478. The second-order valence-electron chi connectivity index (χ2n) is 1.73. The molecule has 0 amide bonds. The number of aromatic amines is 1. The number of aromatic nitrogens is 2. The molecule has 1 atom stereocenters. The van der Waals surface area contributed by atoms with Crippen LogP contribution in [0.2, 0.25) is 0 Å². The number of aliphatic carboxylic acids is 1. The Morgan fingerprint density at radius 1 is 2.27 bits per heavy atom. The normalized spacial score (nSPS) is 22.3. The molecule has 1 aromatic rings. The molecule has 4 N–H and O–H groups in total. The predicted molar refractivity (Wildman–Crippen MR) is 37.9 cm³/mol. The van der Waals surface area contributed by atoms with Crippen LogP contribution in [0.1, 0.15) is 11.2 Å². The quantitative estimate of drug-likeness (QED) is 0.551. The number of carboxylic acid groups (broad SMARTS) is 1. The van der Waals surface area contributed by atoms with Gasteiger partial charge in [0.2, 0.25) is 0 Å². The number of rotatable bonds is 3. The summed E-state index contributed by atoms with van der Waals surface area (Å²) in [6.45, 7) is 0. The Morgan fingerprint density at radius 3 is 3.45 bits per heavy atom. The molecule has 0 aliphatic heterocycles. The number of hydrogen-bond acceptors (Lipinski definition) is 3. The first kappa shape index (κ1) is 3.87. The zero-order valence-electron chi connectivity index (χ0n) is 9.46. The van der Waals surface area contributed by atoms with E-state index in [9.17, 15) is 4.79 Å². The molecule has 0 fully saturated rings. The van der Waals surface area contributed by atoms with Crippen LogP contribution >= 0.6 is 0 Å². The number of imidazole rings is 1. The molecule has 1 aromatic heterocycles. The highest BCUT2D eigenvalue weighted by atomic mass is 16.4. The second-order valence-corrected chi connectivity index (χ2v) is 1.73. The molecule has 0 saturated carbocycles. The van der Waals surface area contributed by atoms with Crippen molar-refractivity contribution in [3.05, 3.63) is 18.2 Å². The standard InChI is InChI=1S/C6H9N3O2/c7-5(6(10)11)1-4-2-8-3-9-4/h2-3,5H,1,7H2,(H,8,9)(H,10,11)/t5-/m0/s1/i1D2,2D,3+1,5D,8+1,9+1. The first-order valence-corrected chi connectivity index (χ1v) is 2.74. The summed E-state index contributed by atoms with van der Waals surface area (Å²) in [5.41, 5.74) is 4.63. The number of nitrogens with one attached hydrogen (secondary N) is 1. The molecule has 0 radical (unpaired) electrons. The van der Waals surface area contributed by atoms with Gasteiger partial charge in [0.15, 0.2) is 0 Å². The van der Waals surface area contributed by atoms with Crippen molar-refractivity contribution in [2.45, 2.75) is 12.4 Å². The lowest BCUT2D eigenvalue weighted by molar-refractivity contribution is -0.138. The topological polar surface area (TPSA) is 92.0 Å². The van der Waals surface area contributed by atoms with E-state index in [1.54, 1.807) is 0 Å². The number of carbonyl (C=O) groups is 1. The van der Waals surface area contributed by atoms with Crippen molar-refractivity contribution >= 4 is 5.97 Å². The average molecular weight is 162 g/mol.